The van der Waals surface area contributed by atoms with Gasteiger partial charge in [-0.1, -0.05) is 48.0 Å². The highest BCUT2D eigenvalue weighted by atomic mass is 35.5. The molecule has 2 aromatic carbocycles. The molecule has 5 rings (SSSR count). The molecule has 0 spiro atoms. The van der Waals surface area contributed by atoms with Crippen molar-refractivity contribution in [3.8, 4) is 0 Å². The minimum Gasteiger partial charge on any atom is -0.348 e. The summed E-state index contributed by atoms with van der Waals surface area (Å²) >= 11 is 12.8. The summed E-state index contributed by atoms with van der Waals surface area (Å²) in [4.78, 5) is 41.6. The van der Waals surface area contributed by atoms with E-state index in [0.717, 1.165) is 12.0 Å². The Labute approximate surface area is 219 Å². The first-order chi connectivity index (χ1) is 17.2. The molecule has 1 aromatic heterocycles. The van der Waals surface area contributed by atoms with Crippen molar-refractivity contribution in [2.75, 3.05) is 19.6 Å². The lowest BCUT2D eigenvalue weighted by atomic mass is 9.95. The predicted octanol–water partition coefficient (Wildman–Crippen LogP) is 3.97. The predicted molar refractivity (Wildman–Crippen MR) is 140 cm³/mol. The molecule has 1 N–H and O–H groups in total. The lowest BCUT2D eigenvalue weighted by Crippen LogP contribution is -2.61. The molecule has 0 atom stereocenters. The number of hydrogen-bond donors (Lipinski definition) is 1. The van der Waals surface area contributed by atoms with Crippen LogP contribution in [-0.2, 0) is 29.1 Å². The van der Waals surface area contributed by atoms with Crippen LogP contribution in [0, 0.1) is 6.92 Å². The summed E-state index contributed by atoms with van der Waals surface area (Å²) in [5.41, 5.74) is 4.74. The molecule has 9 heteroatoms. The third kappa shape index (κ3) is 4.49. The Morgan fingerprint density at radius 2 is 1.94 bits per heavy atom. The summed E-state index contributed by atoms with van der Waals surface area (Å²) in [6, 6.07) is 9.38. The lowest BCUT2D eigenvalue weighted by Gasteiger charge is -2.38. The SMILES string of the molecule is C=CC(=O)N1CC(NC(=O)Cn2cc(C(=O)N3CCc4c(C)cccc4C3)c3cc(Cl)cc(Cl)c32)C1. The minimum absolute atomic E-state index is 0.0148. The maximum atomic E-state index is 13.7. The van der Waals surface area contributed by atoms with Crippen molar-refractivity contribution >= 4 is 51.8 Å². The minimum atomic E-state index is -0.227. The van der Waals surface area contributed by atoms with Crippen LogP contribution in [0.2, 0.25) is 10.0 Å². The molecule has 3 aromatic rings. The van der Waals surface area contributed by atoms with E-state index in [1.165, 1.54) is 17.2 Å². The van der Waals surface area contributed by atoms with Crippen molar-refractivity contribution in [2.45, 2.75) is 32.5 Å². The second-order valence-electron chi connectivity index (χ2n) is 9.36. The topological polar surface area (TPSA) is 74.6 Å². The summed E-state index contributed by atoms with van der Waals surface area (Å²) in [5, 5.41) is 4.34. The first-order valence-corrected chi connectivity index (χ1v) is 12.6. The summed E-state index contributed by atoms with van der Waals surface area (Å²) in [6.45, 7) is 7.58. The number of rotatable bonds is 5. The number of likely N-dealkylation sites (tertiary alicyclic amines) is 1. The summed E-state index contributed by atoms with van der Waals surface area (Å²) in [5.74, 6) is -0.503. The van der Waals surface area contributed by atoms with Gasteiger partial charge in [0.1, 0.15) is 6.54 Å². The lowest BCUT2D eigenvalue weighted by molar-refractivity contribution is -0.133. The molecule has 3 amide bonds. The Bertz CT molecular complexity index is 1410. The van der Waals surface area contributed by atoms with Crippen molar-refractivity contribution in [2.24, 2.45) is 0 Å². The third-order valence-electron chi connectivity index (χ3n) is 6.96. The number of nitrogens with one attached hydrogen (secondary N) is 1. The van der Waals surface area contributed by atoms with E-state index in [4.69, 9.17) is 23.2 Å². The second-order valence-corrected chi connectivity index (χ2v) is 10.2. The number of benzene rings is 2. The number of hydrogen-bond acceptors (Lipinski definition) is 3. The Morgan fingerprint density at radius 1 is 1.17 bits per heavy atom. The van der Waals surface area contributed by atoms with Crippen molar-refractivity contribution in [1.82, 2.24) is 19.7 Å². The second kappa shape index (κ2) is 9.64. The summed E-state index contributed by atoms with van der Waals surface area (Å²) < 4.78 is 1.70. The summed E-state index contributed by atoms with van der Waals surface area (Å²) in [7, 11) is 0. The quantitative estimate of drug-likeness (QED) is 0.513. The van der Waals surface area contributed by atoms with Crippen LogP contribution in [0.1, 0.15) is 27.0 Å². The van der Waals surface area contributed by atoms with Gasteiger partial charge in [-0.2, -0.15) is 0 Å². The van der Waals surface area contributed by atoms with Crippen LogP contribution in [0.15, 0.2) is 49.2 Å². The molecule has 0 bridgehead atoms. The van der Waals surface area contributed by atoms with Gasteiger partial charge in [0.25, 0.3) is 5.91 Å². The molecule has 7 nitrogen and oxygen atoms in total. The third-order valence-corrected chi connectivity index (χ3v) is 7.46. The number of carbonyl (C=O) groups excluding carboxylic acids is 3. The van der Waals surface area contributed by atoms with E-state index in [2.05, 4.69) is 31.0 Å². The summed E-state index contributed by atoms with van der Waals surface area (Å²) in [6.07, 6.45) is 3.75. The molecule has 1 saturated heterocycles. The van der Waals surface area contributed by atoms with E-state index in [9.17, 15) is 14.4 Å². The number of fused-ring (bicyclic) bond motifs is 2. The van der Waals surface area contributed by atoms with Gasteiger partial charge in [-0.25, -0.2) is 0 Å². The molecule has 0 unspecified atom stereocenters. The van der Waals surface area contributed by atoms with Crippen molar-refractivity contribution in [1.29, 1.82) is 0 Å². The standard InChI is InChI=1S/C27H26Cl2N4O3/c1-3-25(35)32-12-19(13-32)30-24(34)15-33-14-22(21-9-18(28)10-23(29)26(21)33)27(36)31-8-7-20-16(2)5-4-6-17(20)11-31/h3-6,9-10,14,19H,1,7-8,11-13,15H2,2H3,(H,30,34). The number of nitrogens with zero attached hydrogens (tertiary/aromatic N) is 3. The van der Waals surface area contributed by atoms with Crippen LogP contribution in [-0.4, -0.2) is 57.8 Å². The van der Waals surface area contributed by atoms with Gasteiger partial charge in [0.05, 0.1) is 22.1 Å². The van der Waals surface area contributed by atoms with Crippen molar-refractivity contribution in [3.05, 3.63) is 81.5 Å². The van der Waals surface area contributed by atoms with Crippen LogP contribution in [0.5, 0.6) is 0 Å². The Balaban J connectivity index is 1.38. The van der Waals surface area contributed by atoms with E-state index < -0.39 is 0 Å². The number of aromatic nitrogens is 1. The highest BCUT2D eigenvalue weighted by Gasteiger charge is 2.31. The molecule has 3 heterocycles. The van der Waals surface area contributed by atoms with Gasteiger partial charge in [-0.15, -0.1) is 0 Å². The number of halogens is 2. The van der Waals surface area contributed by atoms with Gasteiger partial charge in [-0.05, 0) is 48.2 Å². The number of aryl methyl sites for hydroxylation is 1. The first-order valence-electron chi connectivity index (χ1n) is 11.8. The van der Waals surface area contributed by atoms with E-state index in [-0.39, 0.29) is 30.3 Å². The average Bonchev–Trinajstić information content (AvgIpc) is 3.18. The molecule has 0 saturated carbocycles. The van der Waals surface area contributed by atoms with Crippen molar-refractivity contribution in [3.63, 3.8) is 0 Å². The molecule has 0 aliphatic carbocycles. The van der Waals surface area contributed by atoms with E-state index in [1.54, 1.807) is 27.8 Å². The van der Waals surface area contributed by atoms with Crippen LogP contribution in [0.25, 0.3) is 10.9 Å². The maximum absolute atomic E-state index is 13.7. The monoisotopic (exact) mass is 524 g/mol. The van der Waals surface area contributed by atoms with Crippen LogP contribution in [0.3, 0.4) is 0 Å². The molecular weight excluding hydrogens is 499 g/mol. The molecule has 1 fully saturated rings. The molecule has 0 radical (unpaired) electrons. The fraction of sp³-hybridized carbons (Fsp3) is 0.296. The zero-order valence-electron chi connectivity index (χ0n) is 19.9. The zero-order chi connectivity index (χ0) is 25.6. The Morgan fingerprint density at radius 3 is 2.69 bits per heavy atom. The van der Waals surface area contributed by atoms with Crippen LogP contribution >= 0.6 is 23.2 Å². The van der Waals surface area contributed by atoms with Gasteiger partial charge in [0.2, 0.25) is 11.8 Å². The smallest absolute Gasteiger partial charge is 0.256 e. The number of carbonyl (C=O) groups is 3. The van der Waals surface area contributed by atoms with Gasteiger partial charge < -0.3 is 19.7 Å². The normalized spacial score (nSPS) is 15.4. The van der Waals surface area contributed by atoms with Crippen LogP contribution < -0.4 is 5.32 Å². The zero-order valence-corrected chi connectivity index (χ0v) is 21.4. The van der Waals surface area contributed by atoms with Gasteiger partial charge in [0.15, 0.2) is 0 Å². The average molecular weight is 525 g/mol. The van der Waals surface area contributed by atoms with Gasteiger partial charge in [-0.3, -0.25) is 14.4 Å². The van der Waals surface area contributed by atoms with Crippen LogP contribution in [0.4, 0.5) is 0 Å². The Kier molecular flexibility index (Phi) is 6.53. The molecule has 2 aliphatic heterocycles. The van der Waals surface area contributed by atoms with Gasteiger partial charge in [0, 0.05) is 42.8 Å². The molecule has 36 heavy (non-hydrogen) atoms. The van der Waals surface area contributed by atoms with E-state index in [0.29, 0.717) is 52.7 Å². The Hall–Kier alpha value is -3.29. The first kappa shape index (κ1) is 24.4. The molecule has 2 aliphatic rings. The number of amides is 3. The fourth-order valence-electron chi connectivity index (χ4n) is 5.10. The maximum Gasteiger partial charge on any atom is 0.256 e. The molecule has 186 valence electrons. The van der Waals surface area contributed by atoms with Gasteiger partial charge >= 0.3 is 0 Å². The molecular formula is C27H26Cl2N4O3. The van der Waals surface area contributed by atoms with Crippen molar-refractivity contribution < 1.29 is 14.4 Å². The largest absolute Gasteiger partial charge is 0.348 e. The fourth-order valence-corrected chi connectivity index (χ4v) is 5.70. The van der Waals surface area contributed by atoms with E-state index >= 15 is 0 Å². The van der Waals surface area contributed by atoms with E-state index in [1.807, 2.05) is 11.0 Å². The highest BCUT2D eigenvalue weighted by molar-refractivity contribution is 6.39. The highest BCUT2D eigenvalue weighted by Crippen LogP contribution is 2.33.